The Bertz CT molecular complexity index is 319. The molecule has 6 heteroatoms. The Kier molecular flexibility index (Phi) is 2.90. The van der Waals surface area contributed by atoms with Crippen molar-refractivity contribution in [2.75, 3.05) is 11.2 Å². The zero-order chi connectivity index (χ0) is 10.3. The Morgan fingerprint density at radius 3 is 2.71 bits per heavy atom. The van der Waals surface area contributed by atoms with E-state index in [0.29, 0.717) is 12.5 Å². The molecule has 82 valence electrons. The van der Waals surface area contributed by atoms with E-state index in [0.717, 1.165) is 19.3 Å². The number of hydrogen-bond acceptors (Lipinski definition) is 3. The quantitative estimate of drug-likeness (QED) is 0.750. The molecule has 2 fully saturated rings. The molecule has 1 heterocycles. The van der Waals surface area contributed by atoms with Crippen LogP contribution < -0.4 is 5.73 Å². The van der Waals surface area contributed by atoms with E-state index in [4.69, 9.17) is 5.73 Å². The van der Waals surface area contributed by atoms with Gasteiger partial charge in [0.1, 0.15) is 4.66 Å². The lowest BCUT2D eigenvalue weighted by molar-refractivity contribution is 0.329. The topological polar surface area (TPSA) is 63.4 Å². The largest absolute Gasteiger partial charge is 0.328 e. The van der Waals surface area contributed by atoms with Crippen LogP contribution in [0.4, 0.5) is 0 Å². The number of nitrogens with two attached hydrogens (primary N) is 1. The van der Waals surface area contributed by atoms with Crippen molar-refractivity contribution in [2.45, 2.75) is 31.3 Å². The highest BCUT2D eigenvalue weighted by Crippen LogP contribution is 2.36. The molecule has 0 radical (unpaired) electrons. The summed E-state index contributed by atoms with van der Waals surface area (Å²) in [5.41, 5.74) is 5.87. The summed E-state index contributed by atoms with van der Waals surface area (Å²) in [6.07, 6.45) is 2.80. The van der Waals surface area contributed by atoms with Crippen molar-refractivity contribution in [3.8, 4) is 0 Å². The van der Waals surface area contributed by atoms with Crippen LogP contribution in [0.15, 0.2) is 0 Å². The van der Waals surface area contributed by atoms with E-state index >= 15 is 0 Å². The van der Waals surface area contributed by atoms with Gasteiger partial charge in [-0.3, -0.25) is 0 Å². The molecule has 2 N–H and O–H groups in total. The van der Waals surface area contributed by atoms with Crippen molar-refractivity contribution in [3.05, 3.63) is 0 Å². The number of alkyl halides is 1. The molecule has 1 aliphatic heterocycles. The summed E-state index contributed by atoms with van der Waals surface area (Å²) < 4.78 is 25.0. The van der Waals surface area contributed by atoms with Crippen molar-refractivity contribution >= 4 is 26.0 Å². The summed E-state index contributed by atoms with van der Waals surface area (Å²) in [6.45, 7) is 0.673. The maximum absolute atomic E-state index is 11.7. The molecule has 14 heavy (non-hydrogen) atoms. The van der Waals surface area contributed by atoms with Crippen molar-refractivity contribution in [1.82, 2.24) is 4.31 Å². The third kappa shape index (κ3) is 1.85. The van der Waals surface area contributed by atoms with E-state index in [-0.39, 0.29) is 16.7 Å². The smallest absolute Gasteiger partial charge is 0.224 e. The Morgan fingerprint density at radius 1 is 1.36 bits per heavy atom. The first-order chi connectivity index (χ1) is 6.53. The zero-order valence-corrected chi connectivity index (χ0v) is 10.3. The first kappa shape index (κ1) is 10.9. The van der Waals surface area contributed by atoms with Gasteiger partial charge in [0.15, 0.2) is 0 Å². The number of halogens is 1. The van der Waals surface area contributed by atoms with Gasteiger partial charge in [-0.1, -0.05) is 15.9 Å². The molecule has 2 bridgehead atoms. The van der Waals surface area contributed by atoms with Crippen LogP contribution in [0, 0.1) is 5.92 Å². The first-order valence-corrected chi connectivity index (χ1v) is 7.57. The van der Waals surface area contributed by atoms with E-state index in [9.17, 15) is 8.42 Å². The molecule has 1 saturated heterocycles. The highest BCUT2D eigenvalue weighted by molar-refractivity contribution is 9.10. The van der Waals surface area contributed by atoms with Gasteiger partial charge in [0.25, 0.3) is 0 Å². The van der Waals surface area contributed by atoms with Crippen LogP contribution in [0.5, 0.6) is 0 Å². The maximum atomic E-state index is 11.7. The lowest BCUT2D eigenvalue weighted by Gasteiger charge is -2.26. The second-order valence-corrected chi connectivity index (χ2v) is 7.50. The Balaban J connectivity index is 2.17. The van der Waals surface area contributed by atoms with Gasteiger partial charge < -0.3 is 5.73 Å². The summed E-state index contributed by atoms with van der Waals surface area (Å²) in [6, 6.07) is 0.348. The van der Waals surface area contributed by atoms with E-state index in [2.05, 4.69) is 15.9 Å². The molecule has 3 atom stereocenters. The van der Waals surface area contributed by atoms with E-state index in [1.54, 1.807) is 4.31 Å². The minimum absolute atomic E-state index is 0.0262. The van der Waals surface area contributed by atoms with E-state index < -0.39 is 10.0 Å². The molecule has 0 aromatic heterocycles. The standard InChI is InChI=1S/C8H15BrN2O2S/c9-5-14(12,13)11-4-6-1-7(10)3-8(11)2-6/h6-8H,1-5,10H2. The van der Waals surface area contributed by atoms with Gasteiger partial charge in [-0.25, -0.2) is 8.42 Å². The van der Waals surface area contributed by atoms with Crippen LogP contribution in [0.3, 0.4) is 0 Å². The molecule has 2 aliphatic rings. The molecular formula is C8H15BrN2O2S. The average Bonchev–Trinajstić information content (AvgIpc) is 2.42. The lowest BCUT2D eigenvalue weighted by Crippen LogP contribution is -2.39. The van der Waals surface area contributed by atoms with Crippen molar-refractivity contribution < 1.29 is 8.42 Å². The highest BCUT2D eigenvalue weighted by Gasteiger charge is 2.43. The van der Waals surface area contributed by atoms with Crippen LogP contribution in [-0.2, 0) is 10.0 Å². The van der Waals surface area contributed by atoms with Crippen LogP contribution >= 0.6 is 15.9 Å². The molecule has 0 aromatic rings. The second kappa shape index (κ2) is 3.73. The third-order valence-electron chi connectivity index (χ3n) is 3.16. The average molecular weight is 283 g/mol. The minimum Gasteiger partial charge on any atom is -0.328 e. The number of rotatable bonds is 2. The predicted molar refractivity (Wildman–Crippen MR) is 58.5 cm³/mol. The van der Waals surface area contributed by atoms with Gasteiger partial charge in [0, 0.05) is 18.6 Å². The third-order valence-corrected chi connectivity index (χ3v) is 6.33. The number of fused-ring (bicyclic) bond motifs is 2. The fourth-order valence-electron chi connectivity index (χ4n) is 2.64. The van der Waals surface area contributed by atoms with Crippen LogP contribution in [0.25, 0.3) is 0 Å². The van der Waals surface area contributed by atoms with E-state index in [1.165, 1.54) is 0 Å². The Labute approximate surface area is 93.0 Å². The molecule has 1 aliphatic carbocycles. The molecule has 1 saturated carbocycles. The van der Waals surface area contributed by atoms with Gasteiger partial charge in [-0.05, 0) is 25.2 Å². The fourth-order valence-corrected chi connectivity index (χ4v) is 4.62. The summed E-state index contributed by atoms with van der Waals surface area (Å²) in [5, 5.41) is 0. The SMILES string of the molecule is NC1CC2CC(C1)N(S(=O)(=O)CBr)C2. The molecule has 3 unspecified atom stereocenters. The Hall–Kier alpha value is 0.350. The minimum atomic E-state index is -3.08. The second-order valence-electron chi connectivity index (χ2n) is 4.28. The van der Waals surface area contributed by atoms with Gasteiger partial charge in [0.05, 0.1) is 0 Å². The van der Waals surface area contributed by atoms with Crippen LogP contribution in [0.1, 0.15) is 19.3 Å². The first-order valence-electron chi connectivity index (χ1n) is 4.84. The fraction of sp³-hybridized carbons (Fsp3) is 1.00. The summed E-state index contributed by atoms with van der Waals surface area (Å²) >= 11 is 3.03. The monoisotopic (exact) mass is 282 g/mol. The highest BCUT2D eigenvalue weighted by atomic mass is 79.9. The Morgan fingerprint density at radius 2 is 2.07 bits per heavy atom. The van der Waals surface area contributed by atoms with Gasteiger partial charge in [-0.15, -0.1) is 0 Å². The van der Waals surface area contributed by atoms with Crippen molar-refractivity contribution in [1.29, 1.82) is 0 Å². The van der Waals surface area contributed by atoms with E-state index in [1.807, 2.05) is 0 Å². The van der Waals surface area contributed by atoms with Crippen LogP contribution in [0.2, 0.25) is 0 Å². The molecule has 2 rings (SSSR count). The molecular weight excluding hydrogens is 268 g/mol. The zero-order valence-electron chi connectivity index (χ0n) is 7.89. The normalized spacial score (nSPS) is 38.9. The molecule has 0 spiro atoms. The van der Waals surface area contributed by atoms with Gasteiger partial charge in [-0.2, -0.15) is 4.31 Å². The lowest BCUT2D eigenvalue weighted by atomic mass is 9.87. The summed E-state index contributed by atoms with van der Waals surface area (Å²) in [7, 11) is -3.08. The molecule has 4 nitrogen and oxygen atoms in total. The van der Waals surface area contributed by atoms with Gasteiger partial charge >= 0.3 is 0 Å². The van der Waals surface area contributed by atoms with Crippen molar-refractivity contribution in [3.63, 3.8) is 0 Å². The number of sulfonamides is 1. The number of nitrogens with zero attached hydrogens (tertiary/aromatic N) is 1. The molecule has 0 aromatic carbocycles. The van der Waals surface area contributed by atoms with Crippen molar-refractivity contribution in [2.24, 2.45) is 11.7 Å². The molecule has 0 amide bonds. The number of hydrogen-bond donors (Lipinski definition) is 1. The van der Waals surface area contributed by atoms with Gasteiger partial charge in [0.2, 0.25) is 10.0 Å². The van der Waals surface area contributed by atoms with Crippen LogP contribution in [-0.4, -0.2) is 36.0 Å². The predicted octanol–water partition coefficient (Wildman–Crippen LogP) is 0.480. The summed E-state index contributed by atoms with van der Waals surface area (Å²) in [4.78, 5) is 0. The summed E-state index contributed by atoms with van der Waals surface area (Å²) in [5.74, 6) is 0.484. The maximum Gasteiger partial charge on any atom is 0.224 e.